The lowest BCUT2D eigenvalue weighted by Gasteiger charge is -2.19. The van der Waals surface area contributed by atoms with Crippen molar-refractivity contribution in [2.24, 2.45) is 11.8 Å². The van der Waals surface area contributed by atoms with E-state index in [2.05, 4.69) is 10.0 Å². The van der Waals surface area contributed by atoms with Gasteiger partial charge in [0, 0.05) is 16.4 Å². The van der Waals surface area contributed by atoms with Gasteiger partial charge >= 0.3 is 0 Å². The van der Waals surface area contributed by atoms with E-state index in [4.69, 9.17) is 11.6 Å². The summed E-state index contributed by atoms with van der Waals surface area (Å²) in [7, 11) is -3.90. The molecule has 2 fully saturated rings. The molecule has 2 aliphatic rings. The third-order valence-electron chi connectivity index (χ3n) is 5.76. The molecule has 3 amide bonds. The molecule has 0 aromatic heterocycles. The van der Waals surface area contributed by atoms with E-state index in [9.17, 15) is 22.8 Å². The average molecular weight is 476 g/mol. The number of rotatable bonds is 6. The van der Waals surface area contributed by atoms with Crippen LogP contribution in [0.3, 0.4) is 0 Å². The van der Waals surface area contributed by atoms with Gasteiger partial charge in [-0.2, -0.15) is 0 Å². The Morgan fingerprint density at radius 1 is 0.969 bits per heavy atom. The number of hydrogen-bond donors (Lipinski definition) is 2. The van der Waals surface area contributed by atoms with Crippen molar-refractivity contribution >= 4 is 50.7 Å². The van der Waals surface area contributed by atoms with Gasteiger partial charge in [-0.25, -0.2) is 8.42 Å². The van der Waals surface area contributed by atoms with Crippen molar-refractivity contribution in [1.29, 1.82) is 0 Å². The summed E-state index contributed by atoms with van der Waals surface area (Å²) in [6, 6.07) is 11.9. The maximum absolute atomic E-state index is 12.7. The highest BCUT2D eigenvalue weighted by Gasteiger charge is 2.48. The molecule has 32 heavy (non-hydrogen) atoms. The van der Waals surface area contributed by atoms with Crippen LogP contribution in [0.1, 0.15) is 25.7 Å². The zero-order valence-corrected chi connectivity index (χ0v) is 18.7. The minimum atomic E-state index is -3.90. The van der Waals surface area contributed by atoms with E-state index in [-0.39, 0.29) is 40.8 Å². The summed E-state index contributed by atoms with van der Waals surface area (Å²) in [4.78, 5) is 38.6. The molecule has 1 aliphatic heterocycles. The number of imide groups is 1. The fraction of sp³-hybridized carbons (Fsp3) is 0.318. The van der Waals surface area contributed by atoms with E-state index in [0.29, 0.717) is 23.6 Å². The van der Waals surface area contributed by atoms with Gasteiger partial charge in [-0.15, -0.1) is 0 Å². The van der Waals surface area contributed by atoms with Crippen molar-refractivity contribution in [1.82, 2.24) is 4.90 Å². The zero-order valence-electron chi connectivity index (χ0n) is 17.1. The summed E-state index contributed by atoms with van der Waals surface area (Å²) in [5, 5.41) is 3.06. The monoisotopic (exact) mass is 475 g/mol. The van der Waals surface area contributed by atoms with E-state index in [1.165, 1.54) is 36.4 Å². The normalized spacial score (nSPS) is 20.7. The molecule has 2 aromatic rings. The number of sulfonamides is 1. The van der Waals surface area contributed by atoms with Crippen LogP contribution in [0, 0.1) is 11.8 Å². The molecule has 8 nitrogen and oxygen atoms in total. The van der Waals surface area contributed by atoms with E-state index in [0.717, 1.165) is 17.7 Å². The second-order valence-electron chi connectivity index (χ2n) is 7.95. The number of benzene rings is 2. The molecule has 2 N–H and O–H groups in total. The van der Waals surface area contributed by atoms with Crippen LogP contribution in [0.25, 0.3) is 0 Å². The Morgan fingerprint density at radius 2 is 1.59 bits per heavy atom. The van der Waals surface area contributed by atoms with Crippen molar-refractivity contribution in [2.45, 2.75) is 30.6 Å². The Kier molecular flexibility index (Phi) is 6.21. The SMILES string of the molecule is O=C(CN1C(=O)C2CCCCC2C1=O)Nc1cccc(S(=O)(=O)Nc2ccc(Cl)cc2)c1. The molecule has 168 valence electrons. The van der Waals surface area contributed by atoms with Crippen LogP contribution in [0.2, 0.25) is 5.02 Å². The lowest BCUT2D eigenvalue weighted by molar-refractivity contribution is -0.142. The van der Waals surface area contributed by atoms with Crippen LogP contribution in [-0.2, 0) is 24.4 Å². The van der Waals surface area contributed by atoms with Gasteiger partial charge in [0.15, 0.2) is 0 Å². The summed E-state index contributed by atoms with van der Waals surface area (Å²) < 4.78 is 27.8. The summed E-state index contributed by atoms with van der Waals surface area (Å²) in [5.41, 5.74) is 0.585. The first-order chi connectivity index (χ1) is 15.2. The van der Waals surface area contributed by atoms with E-state index in [1.807, 2.05) is 0 Å². The zero-order chi connectivity index (χ0) is 22.9. The minimum absolute atomic E-state index is 0.0513. The van der Waals surface area contributed by atoms with Gasteiger partial charge in [0.25, 0.3) is 10.0 Å². The lowest BCUT2D eigenvalue weighted by Crippen LogP contribution is -2.38. The summed E-state index contributed by atoms with van der Waals surface area (Å²) in [6.07, 6.45) is 3.17. The number of likely N-dealkylation sites (tertiary alicyclic amines) is 1. The van der Waals surface area contributed by atoms with Gasteiger partial charge in [-0.1, -0.05) is 30.5 Å². The summed E-state index contributed by atoms with van der Waals surface area (Å²) >= 11 is 5.82. The summed E-state index contributed by atoms with van der Waals surface area (Å²) in [5.74, 6) is -1.80. The van der Waals surface area contributed by atoms with Crippen molar-refractivity contribution < 1.29 is 22.8 Å². The number of carbonyl (C=O) groups excluding carboxylic acids is 3. The fourth-order valence-corrected chi connectivity index (χ4v) is 5.43. The predicted octanol–water partition coefficient (Wildman–Crippen LogP) is 3.25. The molecule has 0 radical (unpaired) electrons. The molecule has 1 heterocycles. The number of fused-ring (bicyclic) bond motifs is 1. The summed E-state index contributed by atoms with van der Waals surface area (Å²) in [6.45, 7) is -0.384. The van der Waals surface area contributed by atoms with Crippen LogP contribution in [0.4, 0.5) is 11.4 Å². The third kappa shape index (κ3) is 4.63. The number of nitrogens with zero attached hydrogens (tertiary/aromatic N) is 1. The quantitative estimate of drug-likeness (QED) is 0.623. The fourth-order valence-electron chi connectivity index (χ4n) is 4.20. The van der Waals surface area contributed by atoms with Gasteiger partial charge in [0.1, 0.15) is 6.54 Å². The number of carbonyl (C=O) groups is 3. The molecule has 1 saturated heterocycles. The molecule has 1 aliphatic carbocycles. The average Bonchev–Trinajstić information content (AvgIpc) is 3.00. The molecule has 2 aromatic carbocycles. The van der Waals surface area contributed by atoms with Crippen LogP contribution < -0.4 is 10.0 Å². The topological polar surface area (TPSA) is 113 Å². The van der Waals surface area contributed by atoms with Crippen LogP contribution >= 0.6 is 11.6 Å². The Morgan fingerprint density at radius 3 is 2.22 bits per heavy atom. The van der Waals surface area contributed by atoms with Gasteiger partial charge in [-0.3, -0.25) is 24.0 Å². The highest BCUT2D eigenvalue weighted by molar-refractivity contribution is 7.92. The number of anilines is 2. The highest BCUT2D eigenvalue weighted by Crippen LogP contribution is 2.37. The molecule has 10 heteroatoms. The van der Waals surface area contributed by atoms with Gasteiger partial charge in [0.05, 0.1) is 16.7 Å². The number of amides is 3. The smallest absolute Gasteiger partial charge is 0.261 e. The highest BCUT2D eigenvalue weighted by atomic mass is 35.5. The van der Waals surface area contributed by atoms with Gasteiger partial charge in [-0.05, 0) is 55.3 Å². The Labute approximate surface area is 191 Å². The number of nitrogens with one attached hydrogen (secondary N) is 2. The maximum Gasteiger partial charge on any atom is 0.261 e. The molecule has 0 bridgehead atoms. The van der Waals surface area contributed by atoms with Crippen LogP contribution in [0.15, 0.2) is 53.4 Å². The molecular formula is C22H22ClN3O5S. The van der Waals surface area contributed by atoms with Crippen molar-refractivity contribution in [3.05, 3.63) is 53.6 Å². The second kappa shape index (κ2) is 8.91. The Balaban J connectivity index is 1.43. The Hall–Kier alpha value is -2.91. The number of halogens is 1. The first kappa shape index (κ1) is 22.3. The van der Waals surface area contributed by atoms with Crippen molar-refractivity contribution in [2.75, 3.05) is 16.6 Å². The van der Waals surface area contributed by atoms with Crippen molar-refractivity contribution in [3.63, 3.8) is 0 Å². The lowest BCUT2D eigenvalue weighted by atomic mass is 9.81. The van der Waals surface area contributed by atoms with Crippen LogP contribution in [0.5, 0.6) is 0 Å². The van der Waals surface area contributed by atoms with E-state index < -0.39 is 15.9 Å². The van der Waals surface area contributed by atoms with Crippen LogP contribution in [-0.4, -0.2) is 37.6 Å². The van der Waals surface area contributed by atoms with Crippen molar-refractivity contribution in [3.8, 4) is 0 Å². The molecule has 2 unspecified atom stereocenters. The largest absolute Gasteiger partial charge is 0.324 e. The second-order valence-corrected chi connectivity index (χ2v) is 10.1. The molecular weight excluding hydrogens is 454 g/mol. The van der Waals surface area contributed by atoms with Gasteiger partial charge < -0.3 is 5.32 Å². The molecule has 4 rings (SSSR count). The first-order valence-electron chi connectivity index (χ1n) is 10.3. The first-order valence-corrected chi connectivity index (χ1v) is 12.1. The predicted molar refractivity (Wildman–Crippen MR) is 120 cm³/mol. The molecule has 0 spiro atoms. The third-order valence-corrected chi connectivity index (χ3v) is 7.39. The van der Waals surface area contributed by atoms with E-state index >= 15 is 0 Å². The number of hydrogen-bond acceptors (Lipinski definition) is 5. The molecule has 2 atom stereocenters. The van der Waals surface area contributed by atoms with E-state index in [1.54, 1.807) is 12.1 Å². The minimum Gasteiger partial charge on any atom is -0.324 e. The van der Waals surface area contributed by atoms with Gasteiger partial charge in [0.2, 0.25) is 17.7 Å². The Bertz CT molecular complexity index is 1140. The standard InChI is InChI=1S/C22H22ClN3O5S/c23-14-8-10-15(11-9-14)25-32(30,31)17-5-3-4-16(12-17)24-20(27)13-26-21(28)18-6-1-2-7-19(18)22(26)29/h3-5,8-12,18-19,25H,1-2,6-7,13H2,(H,24,27). The molecule has 1 saturated carbocycles. The maximum atomic E-state index is 12.7.